The molecule has 17 heavy (non-hydrogen) atoms. The first-order valence-electron chi connectivity index (χ1n) is 5.52. The van der Waals surface area contributed by atoms with Crippen LogP contribution in [0.4, 0.5) is 5.69 Å². The number of aromatic nitrogens is 1. The normalized spacial score (nSPS) is 12.5. The number of rotatable bonds is 3. The zero-order chi connectivity index (χ0) is 12.4. The van der Waals surface area contributed by atoms with Crippen LogP contribution in [0.5, 0.6) is 0 Å². The standard InChI is InChI=1S/C13H15ClN2S/c1-8(13-9(2)17-10(3)16-13)15-12-6-4-5-11(14)7-12/h4-8,15H,1-3H3. The Bertz CT molecular complexity index is 522. The van der Waals surface area contributed by atoms with Crippen LogP contribution in [0.15, 0.2) is 24.3 Å². The van der Waals surface area contributed by atoms with E-state index >= 15 is 0 Å². The second-order valence-electron chi connectivity index (χ2n) is 4.05. The highest BCUT2D eigenvalue weighted by molar-refractivity contribution is 7.11. The Labute approximate surface area is 111 Å². The highest BCUT2D eigenvalue weighted by atomic mass is 35.5. The summed E-state index contributed by atoms with van der Waals surface area (Å²) >= 11 is 7.69. The number of thiazole rings is 1. The van der Waals surface area contributed by atoms with E-state index in [0.717, 1.165) is 21.4 Å². The van der Waals surface area contributed by atoms with Crippen LogP contribution in [0.2, 0.25) is 5.02 Å². The first-order chi connectivity index (χ1) is 8.06. The van der Waals surface area contributed by atoms with E-state index in [0.29, 0.717) is 0 Å². The van der Waals surface area contributed by atoms with Crippen LogP contribution >= 0.6 is 22.9 Å². The van der Waals surface area contributed by atoms with Gasteiger partial charge in [0.2, 0.25) is 0 Å². The van der Waals surface area contributed by atoms with Gasteiger partial charge in [0.15, 0.2) is 0 Å². The second kappa shape index (κ2) is 5.07. The summed E-state index contributed by atoms with van der Waals surface area (Å²) in [6, 6.07) is 7.94. The van der Waals surface area contributed by atoms with Crippen molar-refractivity contribution in [2.75, 3.05) is 5.32 Å². The Morgan fingerprint density at radius 1 is 1.35 bits per heavy atom. The molecule has 0 amide bonds. The molecule has 1 aromatic heterocycles. The van der Waals surface area contributed by atoms with Crippen molar-refractivity contribution in [1.29, 1.82) is 0 Å². The Morgan fingerprint density at radius 3 is 2.71 bits per heavy atom. The minimum atomic E-state index is 0.193. The average Bonchev–Trinajstić information content (AvgIpc) is 2.58. The number of hydrogen-bond acceptors (Lipinski definition) is 3. The third kappa shape index (κ3) is 2.99. The van der Waals surface area contributed by atoms with E-state index in [1.54, 1.807) is 11.3 Å². The minimum absolute atomic E-state index is 0.193. The third-order valence-electron chi connectivity index (χ3n) is 2.56. The van der Waals surface area contributed by atoms with Gasteiger partial charge >= 0.3 is 0 Å². The van der Waals surface area contributed by atoms with Crippen LogP contribution in [0.1, 0.15) is 28.5 Å². The van der Waals surface area contributed by atoms with Crippen molar-refractivity contribution in [1.82, 2.24) is 4.98 Å². The first-order valence-corrected chi connectivity index (χ1v) is 6.71. The van der Waals surface area contributed by atoms with Crippen molar-refractivity contribution in [2.45, 2.75) is 26.8 Å². The molecular weight excluding hydrogens is 252 g/mol. The lowest BCUT2D eigenvalue weighted by Gasteiger charge is -2.14. The molecule has 0 spiro atoms. The number of anilines is 1. The van der Waals surface area contributed by atoms with Crippen LogP contribution in [0, 0.1) is 13.8 Å². The lowest BCUT2D eigenvalue weighted by Crippen LogP contribution is -2.08. The summed E-state index contributed by atoms with van der Waals surface area (Å²) in [5, 5.41) is 5.27. The van der Waals surface area contributed by atoms with Gasteiger partial charge in [0.05, 0.1) is 16.7 Å². The van der Waals surface area contributed by atoms with Gasteiger partial charge in [0, 0.05) is 15.6 Å². The van der Waals surface area contributed by atoms with E-state index in [-0.39, 0.29) is 6.04 Å². The molecule has 0 bridgehead atoms. The predicted molar refractivity (Wildman–Crippen MR) is 75.1 cm³/mol. The van der Waals surface area contributed by atoms with Crippen molar-refractivity contribution >= 4 is 28.6 Å². The van der Waals surface area contributed by atoms with E-state index < -0.39 is 0 Å². The Morgan fingerprint density at radius 2 is 2.12 bits per heavy atom. The lowest BCUT2D eigenvalue weighted by atomic mass is 10.2. The summed E-state index contributed by atoms with van der Waals surface area (Å²) in [4.78, 5) is 5.82. The fourth-order valence-corrected chi connectivity index (χ4v) is 2.95. The van der Waals surface area contributed by atoms with Gasteiger partial charge in [-0.05, 0) is 39.0 Å². The Balaban J connectivity index is 2.16. The van der Waals surface area contributed by atoms with Gasteiger partial charge in [0.25, 0.3) is 0 Å². The van der Waals surface area contributed by atoms with Gasteiger partial charge in [-0.25, -0.2) is 4.98 Å². The number of nitrogens with zero attached hydrogens (tertiary/aromatic N) is 1. The summed E-state index contributed by atoms with van der Waals surface area (Å²) in [6.07, 6.45) is 0. The van der Waals surface area contributed by atoms with Crippen LogP contribution in [0.3, 0.4) is 0 Å². The average molecular weight is 267 g/mol. The molecule has 90 valence electrons. The Kier molecular flexibility index (Phi) is 3.69. The summed E-state index contributed by atoms with van der Waals surface area (Å²) in [7, 11) is 0. The van der Waals surface area contributed by atoms with Gasteiger partial charge in [0.1, 0.15) is 0 Å². The molecular formula is C13H15ClN2S. The van der Waals surface area contributed by atoms with Gasteiger partial charge in [-0.15, -0.1) is 11.3 Å². The Hall–Kier alpha value is -1.06. The molecule has 0 aliphatic heterocycles. The third-order valence-corrected chi connectivity index (χ3v) is 3.69. The van der Waals surface area contributed by atoms with Gasteiger partial charge in [-0.3, -0.25) is 0 Å². The van der Waals surface area contributed by atoms with Gasteiger partial charge in [-0.1, -0.05) is 17.7 Å². The minimum Gasteiger partial charge on any atom is -0.377 e. The van der Waals surface area contributed by atoms with Gasteiger partial charge < -0.3 is 5.32 Å². The molecule has 1 atom stereocenters. The fourth-order valence-electron chi connectivity index (χ4n) is 1.84. The topological polar surface area (TPSA) is 24.9 Å². The molecule has 0 saturated carbocycles. The zero-order valence-electron chi connectivity index (χ0n) is 10.1. The number of nitrogens with one attached hydrogen (secondary N) is 1. The van der Waals surface area contributed by atoms with Crippen LogP contribution < -0.4 is 5.32 Å². The van der Waals surface area contributed by atoms with Crippen molar-refractivity contribution < 1.29 is 0 Å². The summed E-state index contributed by atoms with van der Waals surface area (Å²) < 4.78 is 0. The highest BCUT2D eigenvalue weighted by Gasteiger charge is 2.12. The quantitative estimate of drug-likeness (QED) is 0.879. The first kappa shape index (κ1) is 12.4. The van der Waals surface area contributed by atoms with Gasteiger partial charge in [-0.2, -0.15) is 0 Å². The molecule has 0 saturated heterocycles. The zero-order valence-corrected chi connectivity index (χ0v) is 11.7. The monoisotopic (exact) mass is 266 g/mol. The van der Waals surface area contributed by atoms with E-state index in [1.807, 2.05) is 31.2 Å². The summed E-state index contributed by atoms with van der Waals surface area (Å²) in [6.45, 7) is 6.26. The molecule has 2 aromatic rings. The molecule has 1 N–H and O–H groups in total. The smallest absolute Gasteiger partial charge is 0.0901 e. The maximum Gasteiger partial charge on any atom is 0.0901 e. The summed E-state index contributed by atoms with van der Waals surface area (Å²) in [5.74, 6) is 0. The van der Waals surface area contributed by atoms with Crippen LogP contribution in [-0.2, 0) is 0 Å². The van der Waals surface area contributed by atoms with E-state index in [2.05, 4.69) is 24.1 Å². The molecule has 4 heteroatoms. The molecule has 2 rings (SSSR count). The number of hydrogen-bond donors (Lipinski definition) is 1. The lowest BCUT2D eigenvalue weighted by molar-refractivity contribution is 0.837. The second-order valence-corrected chi connectivity index (χ2v) is 5.89. The van der Waals surface area contributed by atoms with Crippen molar-refractivity contribution in [3.63, 3.8) is 0 Å². The molecule has 0 fully saturated rings. The molecule has 0 aliphatic carbocycles. The van der Waals surface area contributed by atoms with Crippen molar-refractivity contribution in [3.8, 4) is 0 Å². The molecule has 1 unspecified atom stereocenters. The van der Waals surface area contributed by atoms with E-state index in [1.165, 1.54) is 4.88 Å². The van der Waals surface area contributed by atoms with Crippen molar-refractivity contribution in [3.05, 3.63) is 44.9 Å². The number of aryl methyl sites for hydroxylation is 2. The van der Waals surface area contributed by atoms with E-state index in [9.17, 15) is 0 Å². The van der Waals surface area contributed by atoms with Crippen LogP contribution in [-0.4, -0.2) is 4.98 Å². The van der Waals surface area contributed by atoms with E-state index in [4.69, 9.17) is 11.6 Å². The number of halogens is 1. The SMILES string of the molecule is Cc1nc(C(C)Nc2cccc(Cl)c2)c(C)s1. The largest absolute Gasteiger partial charge is 0.377 e. The maximum atomic E-state index is 5.96. The van der Waals surface area contributed by atoms with Crippen LogP contribution in [0.25, 0.3) is 0 Å². The molecule has 0 radical (unpaired) electrons. The molecule has 1 aromatic carbocycles. The number of benzene rings is 1. The highest BCUT2D eigenvalue weighted by Crippen LogP contribution is 2.26. The van der Waals surface area contributed by atoms with Crippen molar-refractivity contribution in [2.24, 2.45) is 0 Å². The molecule has 1 heterocycles. The molecule has 2 nitrogen and oxygen atoms in total. The predicted octanol–water partition coefficient (Wildman–Crippen LogP) is 4.59. The fraction of sp³-hybridized carbons (Fsp3) is 0.308. The molecule has 0 aliphatic rings. The summed E-state index contributed by atoms with van der Waals surface area (Å²) in [5.41, 5.74) is 2.14. The maximum absolute atomic E-state index is 5.96.